The van der Waals surface area contributed by atoms with Crippen LogP contribution < -0.4 is 4.90 Å². The number of nitrogens with zero attached hydrogens (tertiary/aromatic N) is 3. The van der Waals surface area contributed by atoms with Gasteiger partial charge in [-0.2, -0.15) is 0 Å². The first-order chi connectivity index (χ1) is 11.9. The summed E-state index contributed by atoms with van der Waals surface area (Å²) in [5.74, 6) is -0.0523. The topological polar surface area (TPSA) is 63.2 Å². The van der Waals surface area contributed by atoms with Gasteiger partial charge in [-0.3, -0.25) is 0 Å². The molecule has 1 aliphatic rings. The molecule has 0 aliphatic carbocycles. The van der Waals surface area contributed by atoms with Crippen LogP contribution in [0, 0.1) is 11.9 Å². The Bertz CT molecular complexity index is 847. The molecule has 1 aromatic heterocycles. The third-order valence-electron chi connectivity index (χ3n) is 4.20. The van der Waals surface area contributed by atoms with Crippen LogP contribution in [0.15, 0.2) is 18.3 Å². The first-order valence-corrected chi connectivity index (χ1v) is 9.81. The average Bonchev–Trinajstić information content (AvgIpc) is 2.55. The summed E-state index contributed by atoms with van der Waals surface area (Å²) in [6, 6.07) is 5.83. The largest absolute Gasteiger partial charge is 0.354 e. The molecule has 25 heavy (non-hydrogen) atoms. The second-order valence-electron chi connectivity index (χ2n) is 5.81. The molecule has 0 amide bonds. The predicted molar refractivity (Wildman–Crippen MR) is 95.5 cm³/mol. The zero-order chi connectivity index (χ0) is 18.0. The highest BCUT2D eigenvalue weighted by molar-refractivity contribution is 7.71. The van der Waals surface area contributed by atoms with Gasteiger partial charge in [-0.15, -0.1) is 0 Å². The van der Waals surface area contributed by atoms with Crippen molar-refractivity contribution >= 4 is 39.7 Å². The van der Waals surface area contributed by atoms with Gasteiger partial charge in [-0.1, -0.05) is 35.3 Å². The molecule has 0 bridgehead atoms. The summed E-state index contributed by atoms with van der Waals surface area (Å²) < 4.78 is 35.8. The summed E-state index contributed by atoms with van der Waals surface area (Å²) >= 11 is 11.8. The third kappa shape index (κ3) is 4.40. The average molecular weight is 403 g/mol. The van der Waals surface area contributed by atoms with E-state index in [9.17, 15) is 12.8 Å². The number of thiol groups is 1. The maximum absolute atomic E-state index is 14.3. The third-order valence-corrected chi connectivity index (χ3v) is 5.24. The molecule has 133 valence electrons. The van der Waals surface area contributed by atoms with E-state index in [1.165, 1.54) is 6.20 Å². The Morgan fingerprint density at radius 2 is 2.00 bits per heavy atom. The predicted octanol–water partition coefficient (Wildman–Crippen LogP) is 3.22. The summed E-state index contributed by atoms with van der Waals surface area (Å²) in [5.41, 5.74) is 0.913. The lowest BCUT2D eigenvalue weighted by atomic mass is 9.88. The maximum atomic E-state index is 14.3. The number of benzene rings is 1. The van der Waals surface area contributed by atoms with E-state index < -0.39 is 16.5 Å². The lowest BCUT2D eigenvalue weighted by molar-refractivity contribution is 0.479. The van der Waals surface area contributed by atoms with Crippen molar-refractivity contribution in [2.45, 2.75) is 24.5 Å². The standard InChI is InChI=1S/C16H15Cl2FN3O2S/c17-14-8-20-16(15(18)21-14)22-5-3-11(4-6-22)12-2-1-10(7-13(12)19)9-25(23)24/h1-2,8,11,25H,3-6,9H2. The van der Waals surface area contributed by atoms with Gasteiger partial charge >= 0.3 is 0 Å². The number of aromatic nitrogens is 2. The van der Waals surface area contributed by atoms with Crippen molar-refractivity contribution in [3.63, 3.8) is 0 Å². The van der Waals surface area contributed by atoms with Crippen LogP contribution in [0.1, 0.15) is 29.9 Å². The van der Waals surface area contributed by atoms with Gasteiger partial charge in [0.15, 0.2) is 11.0 Å². The van der Waals surface area contributed by atoms with Gasteiger partial charge in [-0.25, -0.2) is 22.8 Å². The van der Waals surface area contributed by atoms with Crippen molar-refractivity contribution < 1.29 is 12.8 Å². The minimum absolute atomic E-state index is 0.0431. The van der Waals surface area contributed by atoms with Gasteiger partial charge in [0.2, 0.25) is 0 Å². The van der Waals surface area contributed by atoms with E-state index in [0.29, 0.717) is 30.0 Å². The number of halogens is 3. The van der Waals surface area contributed by atoms with E-state index in [2.05, 4.69) is 16.0 Å². The summed E-state index contributed by atoms with van der Waals surface area (Å²) in [5, 5.41) is 0.489. The Kier molecular flexibility index (Phi) is 5.76. The molecule has 2 aromatic rings. The number of rotatable bonds is 4. The molecule has 2 heterocycles. The number of anilines is 1. The Morgan fingerprint density at radius 1 is 1.28 bits per heavy atom. The van der Waals surface area contributed by atoms with Crippen LogP contribution in [0.25, 0.3) is 0 Å². The van der Waals surface area contributed by atoms with Crippen LogP contribution in [0.4, 0.5) is 10.2 Å². The molecule has 1 radical (unpaired) electrons. The SMILES string of the molecule is O=[SH](=O)Cc1[c]c(F)c(C2CCN(c3ncc(Cl)nc3Cl)CC2)cc1. The first-order valence-electron chi connectivity index (χ1n) is 7.69. The Morgan fingerprint density at radius 3 is 2.60 bits per heavy atom. The fourth-order valence-corrected chi connectivity index (χ4v) is 3.92. The fraction of sp³-hybridized carbons (Fsp3) is 0.375. The lowest BCUT2D eigenvalue weighted by Gasteiger charge is -2.33. The minimum atomic E-state index is -2.59. The van der Waals surface area contributed by atoms with E-state index in [1.807, 2.05) is 4.90 Å². The van der Waals surface area contributed by atoms with Crippen molar-refractivity contribution in [3.05, 3.63) is 51.6 Å². The summed E-state index contributed by atoms with van der Waals surface area (Å²) in [4.78, 5) is 10.2. The maximum Gasteiger partial charge on any atom is 0.173 e. The van der Waals surface area contributed by atoms with E-state index >= 15 is 0 Å². The van der Waals surface area contributed by atoms with Crippen molar-refractivity contribution in [1.29, 1.82) is 0 Å². The summed E-state index contributed by atoms with van der Waals surface area (Å²) in [6.07, 6.45) is 2.89. The molecule has 1 aromatic carbocycles. The molecular weight excluding hydrogens is 388 g/mol. The van der Waals surface area contributed by atoms with Gasteiger partial charge in [-0.05, 0) is 29.9 Å². The Labute approximate surface area is 156 Å². The molecular formula is C16H15Cl2FN3O2S. The molecule has 0 saturated carbocycles. The van der Waals surface area contributed by atoms with Gasteiger partial charge in [0.1, 0.15) is 21.7 Å². The number of piperidine rings is 1. The van der Waals surface area contributed by atoms with Crippen LogP contribution in [-0.2, 0) is 16.5 Å². The molecule has 0 unspecified atom stereocenters. The van der Waals surface area contributed by atoms with Gasteiger partial charge < -0.3 is 4.90 Å². The highest BCUT2D eigenvalue weighted by atomic mass is 35.5. The monoisotopic (exact) mass is 402 g/mol. The van der Waals surface area contributed by atoms with Crippen molar-refractivity contribution in [3.8, 4) is 0 Å². The van der Waals surface area contributed by atoms with Crippen LogP contribution in [0.2, 0.25) is 10.3 Å². The highest BCUT2D eigenvalue weighted by Gasteiger charge is 2.25. The summed E-state index contributed by atoms with van der Waals surface area (Å²) in [6.45, 7) is 1.32. The highest BCUT2D eigenvalue weighted by Crippen LogP contribution is 2.33. The molecule has 9 heteroatoms. The molecule has 1 fully saturated rings. The molecule has 1 saturated heterocycles. The molecule has 0 N–H and O–H groups in total. The second kappa shape index (κ2) is 7.85. The zero-order valence-corrected chi connectivity index (χ0v) is 15.5. The van der Waals surface area contributed by atoms with Gasteiger partial charge in [0.05, 0.1) is 11.9 Å². The zero-order valence-electron chi connectivity index (χ0n) is 13.1. The molecule has 3 rings (SSSR count). The van der Waals surface area contributed by atoms with Crippen LogP contribution in [-0.4, -0.2) is 31.5 Å². The number of hydrogen-bond donors (Lipinski definition) is 1. The number of hydrogen-bond acceptors (Lipinski definition) is 5. The fourth-order valence-electron chi connectivity index (χ4n) is 3.02. The van der Waals surface area contributed by atoms with E-state index in [0.717, 1.165) is 12.8 Å². The Hall–Kier alpha value is -1.44. The van der Waals surface area contributed by atoms with Crippen LogP contribution >= 0.6 is 23.2 Å². The summed E-state index contributed by atoms with van der Waals surface area (Å²) in [7, 11) is -2.59. The van der Waals surface area contributed by atoms with Crippen molar-refractivity contribution in [2.75, 3.05) is 18.0 Å². The van der Waals surface area contributed by atoms with E-state index in [1.54, 1.807) is 12.1 Å². The smallest absolute Gasteiger partial charge is 0.173 e. The van der Waals surface area contributed by atoms with Crippen molar-refractivity contribution in [2.24, 2.45) is 0 Å². The van der Waals surface area contributed by atoms with Crippen LogP contribution in [0.3, 0.4) is 0 Å². The van der Waals surface area contributed by atoms with E-state index in [-0.39, 0.29) is 22.0 Å². The second-order valence-corrected chi connectivity index (χ2v) is 7.54. The van der Waals surface area contributed by atoms with Gasteiger partial charge in [0, 0.05) is 19.2 Å². The minimum Gasteiger partial charge on any atom is -0.354 e. The normalized spacial score (nSPS) is 15.8. The Balaban J connectivity index is 1.70. The van der Waals surface area contributed by atoms with Crippen molar-refractivity contribution in [1.82, 2.24) is 9.97 Å². The molecule has 5 nitrogen and oxygen atoms in total. The molecule has 1 aliphatic heterocycles. The molecule has 0 spiro atoms. The van der Waals surface area contributed by atoms with Crippen LogP contribution in [0.5, 0.6) is 0 Å². The van der Waals surface area contributed by atoms with Gasteiger partial charge in [0.25, 0.3) is 0 Å². The quantitative estimate of drug-likeness (QED) is 0.795. The lowest BCUT2D eigenvalue weighted by Crippen LogP contribution is -2.34. The molecule has 0 atom stereocenters. The first kappa shape index (κ1) is 18.4. The van der Waals surface area contributed by atoms with E-state index in [4.69, 9.17) is 23.2 Å².